The fourth-order valence-corrected chi connectivity index (χ4v) is 4.28. The van der Waals surface area contributed by atoms with Crippen LogP contribution in [-0.4, -0.2) is 35.7 Å². The summed E-state index contributed by atoms with van der Waals surface area (Å²) >= 11 is 1.74. The van der Waals surface area contributed by atoms with Gasteiger partial charge in [-0.15, -0.1) is 11.3 Å². The molecule has 1 aliphatic heterocycles. The van der Waals surface area contributed by atoms with Crippen molar-refractivity contribution in [2.75, 3.05) is 13.1 Å². The number of hydrogen-bond donors (Lipinski definition) is 1. The summed E-state index contributed by atoms with van der Waals surface area (Å²) in [6.45, 7) is 2.82. The molecule has 3 rings (SSSR count). The molecule has 1 amide bonds. The molecular weight excluding hydrogens is 332 g/mol. The molecular formula is C20H24N2O2S. The van der Waals surface area contributed by atoms with Gasteiger partial charge in [0.15, 0.2) is 5.78 Å². The number of likely N-dealkylation sites (tertiary alicyclic amines) is 1. The Hall–Kier alpha value is -1.98. The van der Waals surface area contributed by atoms with E-state index in [9.17, 15) is 9.59 Å². The van der Waals surface area contributed by atoms with E-state index in [0.29, 0.717) is 19.0 Å². The van der Waals surface area contributed by atoms with E-state index in [1.54, 1.807) is 11.3 Å². The molecule has 0 radical (unpaired) electrons. The fraction of sp³-hybridized carbons (Fsp3) is 0.400. The first-order valence-corrected chi connectivity index (χ1v) is 9.62. The Morgan fingerprint density at radius 3 is 2.72 bits per heavy atom. The Bertz CT molecular complexity index is 700. The number of rotatable bonds is 7. The van der Waals surface area contributed by atoms with Gasteiger partial charge in [-0.2, -0.15) is 0 Å². The highest BCUT2D eigenvalue weighted by atomic mass is 32.1. The topological polar surface area (TPSA) is 49.4 Å². The number of hydrogen-bond acceptors (Lipinski definition) is 4. The smallest absolute Gasteiger partial charge is 0.234 e. The first-order valence-electron chi connectivity index (χ1n) is 8.74. The van der Waals surface area contributed by atoms with Crippen LogP contribution in [0.3, 0.4) is 0 Å². The first kappa shape index (κ1) is 17.8. The summed E-state index contributed by atoms with van der Waals surface area (Å²) in [5.74, 6) is -0.0759. The van der Waals surface area contributed by atoms with Gasteiger partial charge >= 0.3 is 0 Å². The molecule has 0 aliphatic carbocycles. The quantitative estimate of drug-likeness (QED) is 0.829. The van der Waals surface area contributed by atoms with Gasteiger partial charge in [0.1, 0.15) is 0 Å². The highest BCUT2D eigenvalue weighted by molar-refractivity contribution is 7.10. The third-order valence-corrected chi connectivity index (χ3v) is 5.66. The Labute approximate surface area is 152 Å². The zero-order valence-corrected chi connectivity index (χ0v) is 15.3. The Morgan fingerprint density at radius 2 is 2.04 bits per heavy atom. The second-order valence-corrected chi connectivity index (χ2v) is 7.54. The van der Waals surface area contributed by atoms with Gasteiger partial charge in [0.2, 0.25) is 5.91 Å². The highest BCUT2D eigenvalue weighted by Crippen LogP contribution is 2.33. The molecule has 1 aromatic heterocycles. The summed E-state index contributed by atoms with van der Waals surface area (Å²) in [5, 5.41) is 5.01. The molecule has 2 aromatic rings. The van der Waals surface area contributed by atoms with E-state index >= 15 is 0 Å². The highest BCUT2D eigenvalue weighted by Gasteiger charge is 2.29. The minimum absolute atomic E-state index is 0.00608. The van der Waals surface area contributed by atoms with Crippen molar-refractivity contribution >= 4 is 23.0 Å². The van der Waals surface area contributed by atoms with Crippen molar-refractivity contribution in [3.05, 3.63) is 58.3 Å². The Kier molecular flexibility index (Phi) is 6.00. The van der Waals surface area contributed by atoms with Crippen LogP contribution in [0, 0.1) is 0 Å². The molecule has 0 bridgehead atoms. The zero-order valence-electron chi connectivity index (χ0n) is 14.5. The van der Waals surface area contributed by atoms with Crippen LogP contribution >= 0.6 is 11.3 Å². The molecule has 25 heavy (non-hydrogen) atoms. The number of nitrogens with zero attached hydrogens (tertiary/aromatic N) is 1. The number of Topliss-reactive ketones (excluding diaryl/α,β-unsaturated/α-hetero) is 1. The normalized spacial score (nSPS) is 18.8. The van der Waals surface area contributed by atoms with Crippen molar-refractivity contribution in [1.82, 2.24) is 10.2 Å². The number of carbonyl (C=O) groups excluding carboxylic acids is 2. The fourth-order valence-electron chi connectivity index (χ4n) is 3.39. The van der Waals surface area contributed by atoms with Crippen molar-refractivity contribution in [2.24, 2.45) is 0 Å². The SMILES string of the molecule is CC(=O)[C@H](Cc1ccccc1)NC(=O)CN1CCC[C@H]1c1cccs1. The number of nitrogens with one attached hydrogen (secondary N) is 1. The summed E-state index contributed by atoms with van der Waals surface area (Å²) in [7, 11) is 0. The lowest BCUT2D eigenvalue weighted by atomic mass is 10.0. The maximum atomic E-state index is 12.5. The zero-order chi connectivity index (χ0) is 17.6. The van der Waals surface area contributed by atoms with Crippen LogP contribution in [0.5, 0.6) is 0 Å². The first-order chi connectivity index (χ1) is 12.1. The molecule has 0 saturated carbocycles. The van der Waals surface area contributed by atoms with Crippen molar-refractivity contribution in [3.63, 3.8) is 0 Å². The van der Waals surface area contributed by atoms with Gasteiger partial charge in [-0.05, 0) is 49.7 Å². The van der Waals surface area contributed by atoms with Gasteiger partial charge < -0.3 is 5.32 Å². The molecule has 1 aliphatic rings. The molecule has 1 fully saturated rings. The summed E-state index contributed by atoms with van der Waals surface area (Å²) in [6.07, 6.45) is 2.74. The van der Waals surface area contributed by atoms with E-state index in [1.165, 1.54) is 11.8 Å². The van der Waals surface area contributed by atoms with Crippen LogP contribution in [0.2, 0.25) is 0 Å². The maximum Gasteiger partial charge on any atom is 0.234 e. The van der Waals surface area contributed by atoms with Gasteiger partial charge in [0.25, 0.3) is 0 Å². The minimum atomic E-state index is -0.460. The van der Waals surface area contributed by atoms with E-state index in [2.05, 4.69) is 27.7 Å². The average Bonchev–Trinajstić information content (AvgIpc) is 3.26. The molecule has 1 N–H and O–H groups in total. The van der Waals surface area contributed by atoms with Crippen molar-refractivity contribution in [3.8, 4) is 0 Å². The number of amides is 1. The number of carbonyl (C=O) groups is 2. The van der Waals surface area contributed by atoms with Crippen molar-refractivity contribution in [2.45, 2.75) is 38.3 Å². The predicted octanol–water partition coefficient (Wildman–Crippen LogP) is 3.20. The maximum absolute atomic E-state index is 12.5. The molecule has 0 unspecified atom stereocenters. The molecule has 5 heteroatoms. The predicted molar refractivity (Wildman–Crippen MR) is 101 cm³/mol. The average molecular weight is 356 g/mol. The molecule has 1 saturated heterocycles. The Balaban J connectivity index is 1.59. The summed E-state index contributed by atoms with van der Waals surface area (Å²) in [6, 6.07) is 13.9. The number of ketones is 1. The minimum Gasteiger partial charge on any atom is -0.345 e. The van der Waals surface area contributed by atoms with E-state index in [1.807, 2.05) is 30.3 Å². The monoisotopic (exact) mass is 356 g/mol. The van der Waals surface area contributed by atoms with Crippen LogP contribution in [0.25, 0.3) is 0 Å². The summed E-state index contributed by atoms with van der Waals surface area (Å²) in [4.78, 5) is 28.0. The largest absolute Gasteiger partial charge is 0.345 e. The van der Waals surface area contributed by atoms with E-state index in [-0.39, 0.29) is 11.7 Å². The molecule has 0 spiro atoms. The van der Waals surface area contributed by atoms with Gasteiger partial charge in [-0.3, -0.25) is 14.5 Å². The van der Waals surface area contributed by atoms with Crippen molar-refractivity contribution in [1.29, 1.82) is 0 Å². The third-order valence-electron chi connectivity index (χ3n) is 4.69. The second-order valence-electron chi connectivity index (χ2n) is 6.56. The lowest BCUT2D eigenvalue weighted by Gasteiger charge is -2.24. The van der Waals surface area contributed by atoms with E-state index < -0.39 is 6.04 Å². The summed E-state index contributed by atoms with van der Waals surface area (Å²) in [5.41, 5.74) is 1.06. The van der Waals surface area contributed by atoms with Crippen LogP contribution in [-0.2, 0) is 16.0 Å². The number of benzene rings is 1. The molecule has 132 valence electrons. The standard InChI is InChI=1S/C20H24N2O2S/c1-15(23)17(13-16-7-3-2-4-8-16)21-20(24)14-22-11-5-9-18(22)19-10-6-12-25-19/h2-4,6-8,10,12,17-18H,5,9,11,13-14H2,1H3,(H,21,24)/t17-,18-/m0/s1. The van der Waals surface area contributed by atoms with E-state index in [0.717, 1.165) is 24.9 Å². The van der Waals surface area contributed by atoms with E-state index in [4.69, 9.17) is 0 Å². The van der Waals surface area contributed by atoms with Crippen LogP contribution in [0.4, 0.5) is 0 Å². The molecule has 2 heterocycles. The van der Waals surface area contributed by atoms with Gasteiger partial charge in [-0.1, -0.05) is 36.4 Å². The number of thiophene rings is 1. The van der Waals surface area contributed by atoms with Crippen LogP contribution < -0.4 is 5.32 Å². The van der Waals surface area contributed by atoms with Crippen molar-refractivity contribution < 1.29 is 9.59 Å². The molecule has 4 nitrogen and oxygen atoms in total. The van der Waals surface area contributed by atoms with Gasteiger partial charge in [-0.25, -0.2) is 0 Å². The lowest BCUT2D eigenvalue weighted by Crippen LogP contribution is -2.45. The third kappa shape index (κ3) is 4.77. The van der Waals surface area contributed by atoms with Gasteiger partial charge in [0.05, 0.1) is 12.6 Å². The van der Waals surface area contributed by atoms with Crippen LogP contribution in [0.1, 0.15) is 36.2 Å². The van der Waals surface area contributed by atoms with Gasteiger partial charge in [0, 0.05) is 10.9 Å². The Morgan fingerprint density at radius 1 is 1.24 bits per heavy atom. The molecule has 1 aromatic carbocycles. The van der Waals surface area contributed by atoms with Crippen LogP contribution in [0.15, 0.2) is 47.8 Å². The second kappa shape index (κ2) is 8.41. The summed E-state index contributed by atoms with van der Waals surface area (Å²) < 4.78 is 0. The lowest BCUT2D eigenvalue weighted by molar-refractivity contribution is -0.127. The molecule has 2 atom stereocenters.